The SMILES string of the molecule is Cc1cc(C)c(CNC2CC2)c(N(C)CCN(C)C)n1. The summed E-state index contributed by atoms with van der Waals surface area (Å²) in [7, 11) is 6.36. The van der Waals surface area contributed by atoms with Gasteiger partial charge < -0.3 is 15.1 Å². The van der Waals surface area contributed by atoms with E-state index in [4.69, 9.17) is 4.98 Å². The molecule has 2 rings (SSSR count). The van der Waals surface area contributed by atoms with Crippen LogP contribution < -0.4 is 10.2 Å². The van der Waals surface area contributed by atoms with E-state index < -0.39 is 0 Å². The lowest BCUT2D eigenvalue weighted by molar-refractivity contribution is 0.416. The average molecular weight is 276 g/mol. The van der Waals surface area contributed by atoms with Gasteiger partial charge in [0.1, 0.15) is 5.82 Å². The zero-order valence-electron chi connectivity index (χ0n) is 13.5. The quantitative estimate of drug-likeness (QED) is 0.825. The minimum Gasteiger partial charge on any atom is -0.358 e. The van der Waals surface area contributed by atoms with Crippen molar-refractivity contribution in [3.63, 3.8) is 0 Å². The first-order valence-electron chi connectivity index (χ1n) is 7.53. The first kappa shape index (κ1) is 15.3. The Balaban J connectivity index is 2.14. The molecule has 0 unspecified atom stereocenters. The maximum atomic E-state index is 4.78. The molecule has 1 N–H and O–H groups in total. The van der Waals surface area contributed by atoms with E-state index in [-0.39, 0.29) is 0 Å². The summed E-state index contributed by atoms with van der Waals surface area (Å²) in [6.45, 7) is 7.25. The maximum Gasteiger partial charge on any atom is 0.133 e. The zero-order valence-corrected chi connectivity index (χ0v) is 13.5. The molecule has 1 heterocycles. The molecule has 1 aliphatic rings. The Kier molecular flexibility index (Phi) is 5.00. The summed E-state index contributed by atoms with van der Waals surface area (Å²) in [5, 5.41) is 3.62. The number of rotatable bonds is 7. The molecule has 4 heteroatoms. The van der Waals surface area contributed by atoms with E-state index in [1.54, 1.807) is 0 Å². The Hall–Kier alpha value is -1.13. The number of nitrogens with one attached hydrogen (secondary N) is 1. The summed E-state index contributed by atoms with van der Waals surface area (Å²) in [6, 6.07) is 2.92. The lowest BCUT2D eigenvalue weighted by Crippen LogP contribution is -2.31. The van der Waals surface area contributed by atoms with Crippen molar-refractivity contribution in [3.05, 3.63) is 22.9 Å². The smallest absolute Gasteiger partial charge is 0.133 e. The van der Waals surface area contributed by atoms with E-state index in [1.165, 1.54) is 24.0 Å². The van der Waals surface area contributed by atoms with E-state index >= 15 is 0 Å². The summed E-state index contributed by atoms with van der Waals surface area (Å²) >= 11 is 0. The Morgan fingerprint density at radius 2 is 1.90 bits per heavy atom. The van der Waals surface area contributed by atoms with Crippen molar-refractivity contribution >= 4 is 5.82 Å². The molecule has 1 saturated carbocycles. The average Bonchev–Trinajstić information content (AvgIpc) is 3.18. The van der Waals surface area contributed by atoms with Crippen LogP contribution in [0.3, 0.4) is 0 Å². The molecular formula is C16H28N4. The second-order valence-electron chi connectivity index (χ2n) is 6.26. The Labute approximate surface area is 123 Å². The normalized spacial score (nSPS) is 14.9. The predicted molar refractivity (Wildman–Crippen MR) is 85.4 cm³/mol. The molecule has 20 heavy (non-hydrogen) atoms. The maximum absolute atomic E-state index is 4.78. The third kappa shape index (κ3) is 4.18. The Bertz CT molecular complexity index is 452. The highest BCUT2D eigenvalue weighted by Gasteiger charge is 2.22. The van der Waals surface area contributed by atoms with Gasteiger partial charge in [-0.05, 0) is 52.4 Å². The summed E-state index contributed by atoms with van der Waals surface area (Å²) in [4.78, 5) is 9.27. The van der Waals surface area contributed by atoms with Crippen LogP contribution in [0.1, 0.15) is 29.7 Å². The molecule has 0 radical (unpaired) electrons. The summed E-state index contributed by atoms with van der Waals surface area (Å²) in [6.07, 6.45) is 2.65. The number of nitrogens with zero attached hydrogens (tertiary/aromatic N) is 3. The molecule has 0 amide bonds. The zero-order chi connectivity index (χ0) is 14.7. The largest absolute Gasteiger partial charge is 0.358 e. The fraction of sp³-hybridized carbons (Fsp3) is 0.688. The van der Waals surface area contributed by atoms with Gasteiger partial charge in [-0.3, -0.25) is 0 Å². The Morgan fingerprint density at radius 3 is 2.50 bits per heavy atom. The first-order valence-corrected chi connectivity index (χ1v) is 7.53. The first-order chi connectivity index (χ1) is 9.47. The van der Waals surface area contributed by atoms with Gasteiger partial charge in [0.2, 0.25) is 0 Å². The van der Waals surface area contributed by atoms with Crippen LogP contribution in [0.15, 0.2) is 6.07 Å². The molecule has 112 valence electrons. The second-order valence-corrected chi connectivity index (χ2v) is 6.26. The standard InChI is InChI=1S/C16H28N4/c1-12-10-13(2)18-16(20(5)9-8-19(3)4)15(12)11-17-14-6-7-14/h10,14,17H,6-9,11H2,1-5H3. The van der Waals surface area contributed by atoms with Crippen LogP contribution >= 0.6 is 0 Å². The number of pyridine rings is 1. The van der Waals surface area contributed by atoms with E-state index in [0.29, 0.717) is 0 Å². The molecule has 0 saturated heterocycles. The highest BCUT2D eigenvalue weighted by molar-refractivity contribution is 5.51. The molecular weight excluding hydrogens is 248 g/mol. The monoisotopic (exact) mass is 276 g/mol. The minimum atomic E-state index is 0.732. The molecule has 0 aliphatic heterocycles. The molecule has 1 aromatic rings. The van der Waals surface area contributed by atoms with E-state index in [9.17, 15) is 0 Å². The molecule has 4 nitrogen and oxygen atoms in total. The number of aromatic nitrogens is 1. The molecule has 1 aromatic heterocycles. The Morgan fingerprint density at radius 1 is 1.20 bits per heavy atom. The van der Waals surface area contributed by atoms with Crippen molar-refractivity contribution in [2.75, 3.05) is 39.1 Å². The van der Waals surface area contributed by atoms with Crippen LogP contribution in [0.4, 0.5) is 5.82 Å². The fourth-order valence-electron chi connectivity index (χ4n) is 2.37. The van der Waals surface area contributed by atoms with Gasteiger partial charge in [0.25, 0.3) is 0 Å². The summed E-state index contributed by atoms with van der Waals surface area (Å²) in [5.74, 6) is 1.14. The van der Waals surface area contributed by atoms with Crippen LogP contribution in [-0.4, -0.2) is 50.2 Å². The number of hydrogen-bond donors (Lipinski definition) is 1. The number of anilines is 1. The molecule has 0 atom stereocenters. The third-order valence-corrected chi connectivity index (χ3v) is 3.84. The van der Waals surface area contributed by atoms with Crippen LogP contribution in [0, 0.1) is 13.8 Å². The minimum absolute atomic E-state index is 0.732. The highest BCUT2D eigenvalue weighted by atomic mass is 15.2. The van der Waals surface area contributed by atoms with Gasteiger partial charge in [-0.25, -0.2) is 4.98 Å². The fourth-order valence-corrected chi connectivity index (χ4v) is 2.37. The third-order valence-electron chi connectivity index (χ3n) is 3.84. The predicted octanol–water partition coefficient (Wildman–Crippen LogP) is 1.95. The van der Waals surface area contributed by atoms with Gasteiger partial charge in [-0.15, -0.1) is 0 Å². The summed E-state index contributed by atoms with van der Waals surface area (Å²) < 4.78 is 0. The number of aryl methyl sites for hydroxylation is 2. The second kappa shape index (κ2) is 6.55. The molecule has 1 fully saturated rings. The van der Waals surface area contributed by atoms with Crippen molar-refractivity contribution in [2.45, 2.75) is 39.3 Å². The number of hydrogen-bond acceptors (Lipinski definition) is 4. The lowest BCUT2D eigenvalue weighted by Gasteiger charge is -2.25. The van der Waals surface area contributed by atoms with Crippen molar-refractivity contribution in [3.8, 4) is 0 Å². The van der Waals surface area contributed by atoms with Crippen LogP contribution in [-0.2, 0) is 6.54 Å². The van der Waals surface area contributed by atoms with Gasteiger partial charge in [0, 0.05) is 44.0 Å². The summed E-state index contributed by atoms with van der Waals surface area (Å²) in [5.41, 5.74) is 3.80. The van der Waals surface area contributed by atoms with Gasteiger partial charge in [-0.1, -0.05) is 0 Å². The van der Waals surface area contributed by atoms with Crippen LogP contribution in [0.2, 0.25) is 0 Å². The van der Waals surface area contributed by atoms with Crippen LogP contribution in [0.25, 0.3) is 0 Å². The van der Waals surface area contributed by atoms with Crippen molar-refractivity contribution in [2.24, 2.45) is 0 Å². The van der Waals surface area contributed by atoms with Gasteiger partial charge in [0.15, 0.2) is 0 Å². The van der Waals surface area contributed by atoms with Gasteiger partial charge in [-0.2, -0.15) is 0 Å². The lowest BCUT2D eigenvalue weighted by atomic mass is 10.1. The molecule has 0 spiro atoms. The molecule has 1 aliphatic carbocycles. The number of likely N-dealkylation sites (N-methyl/N-ethyl adjacent to an activating group) is 2. The highest BCUT2D eigenvalue weighted by Crippen LogP contribution is 2.24. The van der Waals surface area contributed by atoms with Gasteiger partial charge >= 0.3 is 0 Å². The van der Waals surface area contributed by atoms with Crippen molar-refractivity contribution in [1.29, 1.82) is 0 Å². The molecule has 0 aromatic carbocycles. The van der Waals surface area contributed by atoms with Crippen molar-refractivity contribution in [1.82, 2.24) is 15.2 Å². The van der Waals surface area contributed by atoms with Gasteiger partial charge in [0.05, 0.1) is 0 Å². The topological polar surface area (TPSA) is 31.4 Å². The van der Waals surface area contributed by atoms with E-state index in [1.807, 2.05) is 0 Å². The molecule has 0 bridgehead atoms. The van der Waals surface area contributed by atoms with E-state index in [0.717, 1.165) is 37.2 Å². The van der Waals surface area contributed by atoms with E-state index in [2.05, 4.69) is 56.2 Å². The van der Waals surface area contributed by atoms with Crippen molar-refractivity contribution < 1.29 is 0 Å². The van der Waals surface area contributed by atoms with Crippen LogP contribution in [0.5, 0.6) is 0 Å².